The van der Waals surface area contributed by atoms with Gasteiger partial charge in [0.2, 0.25) is 5.91 Å². The van der Waals surface area contributed by atoms with E-state index >= 15 is 0 Å². The minimum Gasteiger partial charge on any atom is -0.380 e. The molecular weight excluding hydrogens is 360 g/mol. The monoisotopic (exact) mass is 392 g/mol. The van der Waals surface area contributed by atoms with Crippen molar-refractivity contribution in [1.82, 2.24) is 9.80 Å². The van der Waals surface area contributed by atoms with E-state index in [4.69, 9.17) is 4.74 Å². The van der Waals surface area contributed by atoms with Crippen LogP contribution in [0.1, 0.15) is 29.5 Å². The summed E-state index contributed by atoms with van der Waals surface area (Å²) in [5.41, 5.74) is 3.45. The second kappa shape index (κ2) is 8.68. The number of fused-ring (bicyclic) bond motifs is 1. The third-order valence-electron chi connectivity index (χ3n) is 6.79. The van der Waals surface area contributed by atoms with Gasteiger partial charge in [0.1, 0.15) is 5.54 Å². The molecule has 0 unspecified atom stereocenters. The highest BCUT2D eigenvalue weighted by atomic mass is 16.5. The highest BCUT2D eigenvalue weighted by Crippen LogP contribution is 2.36. The number of benzene rings is 2. The second-order valence-corrected chi connectivity index (χ2v) is 8.56. The van der Waals surface area contributed by atoms with Crippen LogP contribution in [0.4, 0.5) is 0 Å². The predicted octanol–water partition coefficient (Wildman–Crippen LogP) is 3.34. The summed E-state index contributed by atoms with van der Waals surface area (Å²) in [6.45, 7) is 2.41. The fraction of sp³-hybridized carbons (Fsp3) is 0.480. The summed E-state index contributed by atoms with van der Waals surface area (Å²) in [4.78, 5) is 18.3. The minimum absolute atomic E-state index is 0.156. The number of methoxy groups -OCH3 is 1. The fourth-order valence-corrected chi connectivity index (χ4v) is 4.94. The summed E-state index contributed by atoms with van der Waals surface area (Å²) < 4.78 is 5.59. The Morgan fingerprint density at radius 1 is 1.10 bits per heavy atom. The molecule has 0 N–H and O–H groups in total. The number of amides is 1. The molecule has 29 heavy (non-hydrogen) atoms. The lowest BCUT2D eigenvalue weighted by atomic mass is 9.90. The standard InChI is InChI=1S/C25H32N2O2/c1-26(16-14-20-9-4-3-5-10-20)25(17-21-11-6-7-12-22(21)18-25)24(28)27-15-8-13-23(19-27)29-2/h3-7,9-12,23H,8,13-19H2,1-2H3/t23-/m1/s1. The Morgan fingerprint density at radius 3 is 2.41 bits per heavy atom. The van der Waals surface area contributed by atoms with Gasteiger partial charge in [0.25, 0.3) is 0 Å². The first-order valence-electron chi connectivity index (χ1n) is 10.8. The van der Waals surface area contributed by atoms with E-state index in [0.29, 0.717) is 6.54 Å². The number of likely N-dealkylation sites (tertiary alicyclic amines) is 1. The fourth-order valence-electron chi connectivity index (χ4n) is 4.94. The third-order valence-corrected chi connectivity index (χ3v) is 6.79. The molecule has 0 radical (unpaired) electrons. The van der Waals surface area contributed by atoms with E-state index in [1.807, 2.05) is 0 Å². The maximum Gasteiger partial charge on any atom is 0.243 e. The highest BCUT2D eigenvalue weighted by molar-refractivity contribution is 5.88. The molecule has 4 rings (SSSR count). The van der Waals surface area contributed by atoms with Crippen molar-refractivity contribution >= 4 is 5.91 Å². The van der Waals surface area contributed by atoms with Gasteiger partial charge in [-0.05, 0) is 43.0 Å². The molecule has 0 saturated carbocycles. The van der Waals surface area contributed by atoms with Crippen molar-refractivity contribution in [2.24, 2.45) is 0 Å². The summed E-state index contributed by atoms with van der Waals surface area (Å²) in [6.07, 6.45) is 4.74. The van der Waals surface area contributed by atoms with E-state index in [1.165, 1.54) is 16.7 Å². The largest absolute Gasteiger partial charge is 0.380 e. The third kappa shape index (κ3) is 4.10. The molecule has 1 saturated heterocycles. The second-order valence-electron chi connectivity index (χ2n) is 8.56. The quantitative estimate of drug-likeness (QED) is 0.756. The van der Waals surface area contributed by atoms with Crippen molar-refractivity contribution in [3.05, 3.63) is 71.3 Å². The van der Waals surface area contributed by atoms with Gasteiger partial charge in [-0.1, -0.05) is 54.6 Å². The Hall–Kier alpha value is -2.17. The number of carbonyl (C=O) groups is 1. The van der Waals surface area contributed by atoms with Crippen molar-refractivity contribution in [1.29, 1.82) is 0 Å². The lowest BCUT2D eigenvalue weighted by Gasteiger charge is -2.43. The zero-order valence-corrected chi connectivity index (χ0v) is 17.6. The number of hydrogen-bond donors (Lipinski definition) is 0. The van der Waals surface area contributed by atoms with Gasteiger partial charge < -0.3 is 9.64 Å². The van der Waals surface area contributed by atoms with Gasteiger partial charge in [0.05, 0.1) is 6.10 Å². The molecule has 1 aliphatic heterocycles. The molecule has 1 fully saturated rings. The van der Waals surface area contributed by atoms with Crippen LogP contribution >= 0.6 is 0 Å². The number of rotatable bonds is 6. The molecule has 1 atom stereocenters. The Morgan fingerprint density at radius 2 is 1.76 bits per heavy atom. The molecular formula is C25H32N2O2. The molecule has 2 aromatic rings. The molecule has 4 heteroatoms. The number of ether oxygens (including phenoxy) is 1. The van der Waals surface area contributed by atoms with Crippen LogP contribution in [0.3, 0.4) is 0 Å². The average molecular weight is 393 g/mol. The maximum absolute atomic E-state index is 13.9. The minimum atomic E-state index is -0.492. The van der Waals surface area contributed by atoms with E-state index in [9.17, 15) is 4.79 Å². The summed E-state index contributed by atoms with van der Waals surface area (Å²) in [7, 11) is 3.89. The molecule has 2 aliphatic rings. The van der Waals surface area contributed by atoms with Crippen molar-refractivity contribution < 1.29 is 9.53 Å². The molecule has 0 spiro atoms. The Balaban J connectivity index is 1.57. The average Bonchev–Trinajstić information content (AvgIpc) is 3.18. The predicted molar refractivity (Wildman–Crippen MR) is 116 cm³/mol. The molecule has 1 heterocycles. The van der Waals surface area contributed by atoms with Crippen molar-refractivity contribution in [2.45, 2.75) is 43.7 Å². The SMILES string of the molecule is CO[C@@H]1CCCN(C(=O)C2(N(C)CCc3ccccc3)Cc3ccccc3C2)C1. The van der Waals surface area contributed by atoms with Crippen LogP contribution < -0.4 is 0 Å². The van der Waals surface area contributed by atoms with Gasteiger partial charge in [-0.2, -0.15) is 0 Å². The number of likely N-dealkylation sites (N-methyl/N-ethyl adjacent to an activating group) is 1. The van der Waals surface area contributed by atoms with Crippen LogP contribution in [0.2, 0.25) is 0 Å². The number of hydrogen-bond acceptors (Lipinski definition) is 3. The van der Waals surface area contributed by atoms with Gasteiger partial charge in [-0.25, -0.2) is 0 Å². The Labute approximate surface area is 174 Å². The van der Waals surface area contributed by atoms with Gasteiger partial charge in [0, 0.05) is 39.6 Å². The van der Waals surface area contributed by atoms with E-state index in [2.05, 4.69) is 71.4 Å². The first kappa shape index (κ1) is 20.1. The van der Waals surface area contributed by atoms with Crippen LogP contribution in [0.15, 0.2) is 54.6 Å². The molecule has 2 aromatic carbocycles. The smallest absolute Gasteiger partial charge is 0.243 e. The zero-order chi connectivity index (χ0) is 20.3. The van der Waals surface area contributed by atoms with E-state index in [1.54, 1.807) is 7.11 Å². The van der Waals surface area contributed by atoms with Crippen LogP contribution in [-0.2, 0) is 28.8 Å². The van der Waals surface area contributed by atoms with Gasteiger partial charge in [-0.3, -0.25) is 9.69 Å². The molecule has 154 valence electrons. The van der Waals surface area contributed by atoms with Gasteiger partial charge >= 0.3 is 0 Å². The first-order valence-corrected chi connectivity index (χ1v) is 10.8. The molecule has 4 nitrogen and oxygen atoms in total. The molecule has 1 amide bonds. The van der Waals surface area contributed by atoms with Crippen LogP contribution in [-0.4, -0.2) is 61.1 Å². The van der Waals surface area contributed by atoms with Crippen LogP contribution in [0.25, 0.3) is 0 Å². The summed E-state index contributed by atoms with van der Waals surface area (Å²) in [5, 5.41) is 0. The summed E-state index contributed by atoms with van der Waals surface area (Å²) >= 11 is 0. The molecule has 1 aliphatic carbocycles. The van der Waals surface area contributed by atoms with E-state index < -0.39 is 5.54 Å². The number of piperidine rings is 1. The molecule has 0 bridgehead atoms. The number of nitrogens with zero attached hydrogens (tertiary/aromatic N) is 2. The maximum atomic E-state index is 13.9. The summed E-state index contributed by atoms with van der Waals surface area (Å²) in [5.74, 6) is 0.269. The summed E-state index contributed by atoms with van der Waals surface area (Å²) in [6, 6.07) is 19.1. The Bertz CT molecular complexity index is 811. The van der Waals surface area contributed by atoms with Crippen molar-refractivity contribution in [3.8, 4) is 0 Å². The lowest BCUT2D eigenvalue weighted by Crippen LogP contribution is -2.61. The van der Waals surface area contributed by atoms with E-state index in [-0.39, 0.29) is 12.0 Å². The van der Waals surface area contributed by atoms with Crippen molar-refractivity contribution in [2.75, 3.05) is 33.8 Å². The van der Waals surface area contributed by atoms with Crippen LogP contribution in [0.5, 0.6) is 0 Å². The topological polar surface area (TPSA) is 32.8 Å². The normalized spacial score (nSPS) is 20.7. The van der Waals surface area contributed by atoms with Gasteiger partial charge in [-0.15, -0.1) is 0 Å². The Kier molecular flexibility index (Phi) is 6.02. The highest BCUT2D eigenvalue weighted by Gasteiger charge is 2.49. The lowest BCUT2D eigenvalue weighted by molar-refractivity contribution is -0.147. The van der Waals surface area contributed by atoms with Gasteiger partial charge in [0.15, 0.2) is 0 Å². The van der Waals surface area contributed by atoms with Crippen LogP contribution in [0, 0.1) is 0 Å². The number of carbonyl (C=O) groups excluding carboxylic acids is 1. The van der Waals surface area contributed by atoms with E-state index in [0.717, 1.165) is 45.2 Å². The zero-order valence-electron chi connectivity index (χ0n) is 17.6. The van der Waals surface area contributed by atoms with Crippen molar-refractivity contribution in [3.63, 3.8) is 0 Å². The molecule has 0 aromatic heterocycles. The first-order chi connectivity index (χ1) is 14.1.